The largest absolute Gasteiger partial charge is 0.481 e. The normalized spacial score (nSPS) is 18.1. The summed E-state index contributed by atoms with van der Waals surface area (Å²) in [5, 5.41) is 8.90. The van der Waals surface area contributed by atoms with E-state index >= 15 is 0 Å². The minimum Gasteiger partial charge on any atom is -0.481 e. The van der Waals surface area contributed by atoms with E-state index in [1.165, 1.54) is 6.07 Å². The molecule has 110 valence electrons. The van der Waals surface area contributed by atoms with Crippen molar-refractivity contribution in [2.24, 2.45) is 5.92 Å². The van der Waals surface area contributed by atoms with Gasteiger partial charge in [-0.2, -0.15) is 4.31 Å². The van der Waals surface area contributed by atoms with E-state index in [1.807, 2.05) is 0 Å². The zero-order chi connectivity index (χ0) is 14.9. The van der Waals surface area contributed by atoms with Crippen LogP contribution in [-0.4, -0.2) is 36.9 Å². The number of nitrogens with zero attached hydrogens (tertiary/aromatic N) is 1. The first-order valence-electron chi connectivity index (χ1n) is 6.32. The highest BCUT2D eigenvalue weighted by Crippen LogP contribution is 2.27. The maximum Gasteiger partial charge on any atom is 0.306 e. The van der Waals surface area contributed by atoms with Crippen molar-refractivity contribution in [2.45, 2.75) is 24.7 Å². The van der Waals surface area contributed by atoms with Crippen LogP contribution in [0.15, 0.2) is 23.1 Å². The minimum atomic E-state index is -3.91. The smallest absolute Gasteiger partial charge is 0.306 e. The van der Waals surface area contributed by atoms with Gasteiger partial charge in [0, 0.05) is 13.1 Å². The number of sulfonamides is 1. The first-order valence-corrected chi connectivity index (χ1v) is 7.76. The van der Waals surface area contributed by atoms with E-state index in [0.717, 1.165) is 10.4 Å². The quantitative estimate of drug-likeness (QED) is 0.920. The van der Waals surface area contributed by atoms with Crippen molar-refractivity contribution in [1.29, 1.82) is 0 Å². The summed E-state index contributed by atoms with van der Waals surface area (Å²) < 4.78 is 39.9. The molecular formula is C13H16FNO4S. The van der Waals surface area contributed by atoms with Gasteiger partial charge in [0.05, 0.1) is 5.92 Å². The van der Waals surface area contributed by atoms with Gasteiger partial charge in [-0.15, -0.1) is 0 Å². The molecule has 20 heavy (non-hydrogen) atoms. The molecule has 0 bridgehead atoms. The van der Waals surface area contributed by atoms with Crippen LogP contribution >= 0.6 is 0 Å². The number of aryl methyl sites for hydroxylation is 1. The van der Waals surface area contributed by atoms with Crippen LogP contribution in [0, 0.1) is 18.7 Å². The zero-order valence-corrected chi connectivity index (χ0v) is 11.9. The molecule has 2 rings (SSSR count). The minimum absolute atomic E-state index is 0.104. The molecule has 1 aliphatic rings. The fourth-order valence-electron chi connectivity index (χ4n) is 2.42. The van der Waals surface area contributed by atoms with E-state index in [2.05, 4.69) is 0 Å². The summed E-state index contributed by atoms with van der Waals surface area (Å²) >= 11 is 0. The van der Waals surface area contributed by atoms with Gasteiger partial charge in [0.2, 0.25) is 10.0 Å². The molecule has 1 aromatic rings. The Morgan fingerprint density at radius 3 is 2.45 bits per heavy atom. The van der Waals surface area contributed by atoms with Crippen molar-refractivity contribution in [3.05, 3.63) is 29.6 Å². The predicted molar refractivity (Wildman–Crippen MR) is 70.3 cm³/mol. The molecule has 0 aromatic heterocycles. The zero-order valence-electron chi connectivity index (χ0n) is 11.0. The monoisotopic (exact) mass is 301 g/mol. The second-order valence-corrected chi connectivity index (χ2v) is 6.78. The molecule has 1 aromatic carbocycles. The molecule has 7 heteroatoms. The molecule has 0 unspecified atom stereocenters. The summed E-state index contributed by atoms with van der Waals surface area (Å²) in [6, 6.07) is 4.12. The Morgan fingerprint density at radius 1 is 1.35 bits per heavy atom. The van der Waals surface area contributed by atoms with Crippen molar-refractivity contribution in [2.75, 3.05) is 13.1 Å². The molecule has 0 aliphatic carbocycles. The number of carboxylic acids is 1. The second-order valence-electron chi connectivity index (χ2n) is 4.90. The number of hydrogen-bond donors (Lipinski definition) is 1. The van der Waals surface area contributed by atoms with Crippen molar-refractivity contribution >= 4 is 16.0 Å². The molecule has 1 N–H and O–H groups in total. The number of carbonyl (C=O) groups is 1. The van der Waals surface area contributed by atoms with Gasteiger partial charge in [-0.1, -0.05) is 12.1 Å². The van der Waals surface area contributed by atoms with E-state index < -0.39 is 27.7 Å². The van der Waals surface area contributed by atoms with Gasteiger partial charge in [-0.05, 0) is 31.4 Å². The van der Waals surface area contributed by atoms with E-state index in [4.69, 9.17) is 5.11 Å². The van der Waals surface area contributed by atoms with Gasteiger partial charge in [0.15, 0.2) is 0 Å². The maximum atomic E-state index is 13.8. The highest BCUT2D eigenvalue weighted by molar-refractivity contribution is 7.89. The third kappa shape index (κ3) is 2.69. The Balaban J connectivity index is 2.27. The highest BCUT2D eigenvalue weighted by Gasteiger charge is 2.34. The number of halogens is 1. The summed E-state index contributed by atoms with van der Waals surface area (Å²) in [4.78, 5) is 10.5. The molecule has 5 nitrogen and oxygen atoms in total. The predicted octanol–water partition coefficient (Wildman–Crippen LogP) is 1.62. The first kappa shape index (κ1) is 14.9. The van der Waals surface area contributed by atoms with Gasteiger partial charge in [0.1, 0.15) is 10.7 Å². The summed E-state index contributed by atoms with van der Waals surface area (Å²) in [6.07, 6.45) is 0.504. The molecule has 1 fully saturated rings. The van der Waals surface area contributed by atoms with Crippen LogP contribution in [0.3, 0.4) is 0 Å². The summed E-state index contributed by atoms with van der Waals surface area (Å²) in [6.45, 7) is 1.75. The Hall–Kier alpha value is -1.47. The number of rotatable bonds is 3. The average Bonchev–Trinajstić information content (AvgIpc) is 2.38. The molecule has 0 amide bonds. The van der Waals surface area contributed by atoms with Crippen molar-refractivity contribution < 1.29 is 22.7 Å². The van der Waals surface area contributed by atoms with Gasteiger partial charge in [0.25, 0.3) is 0 Å². The fraction of sp³-hybridized carbons (Fsp3) is 0.462. The lowest BCUT2D eigenvalue weighted by Crippen LogP contribution is -2.40. The molecule has 0 saturated carbocycles. The fourth-order valence-corrected chi connectivity index (χ4v) is 4.15. The van der Waals surface area contributed by atoms with E-state index in [0.29, 0.717) is 5.56 Å². The van der Waals surface area contributed by atoms with Gasteiger partial charge in [-0.3, -0.25) is 4.79 Å². The Bertz CT molecular complexity index is 601. The van der Waals surface area contributed by atoms with Gasteiger partial charge >= 0.3 is 5.97 Å². The number of hydrogen-bond acceptors (Lipinski definition) is 3. The molecule has 1 aliphatic heterocycles. The van der Waals surface area contributed by atoms with E-state index in [1.54, 1.807) is 13.0 Å². The highest BCUT2D eigenvalue weighted by atomic mass is 32.2. The molecule has 1 saturated heterocycles. The molecular weight excluding hydrogens is 285 g/mol. The number of piperidine rings is 1. The average molecular weight is 301 g/mol. The van der Waals surface area contributed by atoms with Crippen LogP contribution in [0.4, 0.5) is 4.39 Å². The van der Waals surface area contributed by atoms with Gasteiger partial charge < -0.3 is 5.11 Å². The third-order valence-corrected chi connectivity index (χ3v) is 5.64. The van der Waals surface area contributed by atoms with Crippen LogP contribution in [0.25, 0.3) is 0 Å². The van der Waals surface area contributed by atoms with Crippen LogP contribution in [0.5, 0.6) is 0 Å². The first-order chi connectivity index (χ1) is 9.34. The molecule has 0 radical (unpaired) electrons. The number of carboxylic acid groups (broad SMARTS) is 1. The molecule has 0 spiro atoms. The van der Waals surface area contributed by atoms with E-state index in [-0.39, 0.29) is 30.8 Å². The SMILES string of the molecule is Cc1cccc(F)c1S(=O)(=O)N1CCC(C(=O)O)CC1. The lowest BCUT2D eigenvalue weighted by Gasteiger charge is -2.29. The Labute approximate surface area is 117 Å². The Kier molecular flexibility index (Phi) is 4.10. The lowest BCUT2D eigenvalue weighted by atomic mass is 9.99. The van der Waals surface area contributed by atoms with Gasteiger partial charge in [-0.25, -0.2) is 12.8 Å². The van der Waals surface area contributed by atoms with E-state index in [9.17, 15) is 17.6 Å². The summed E-state index contributed by atoms with van der Waals surface area (Å²) in [7, 11) is -3.91. The van der Waals surface area contributed by atoms with Crippen molar-refractivity contribution in [3.63, 3.8) is 0 Å². The van der Waals surface area contributed by atoms with Crippen LogP contribution in [-0.2, 0) is 14.8 Å². The van der Waals surface area contributed by atoms with Crippen LogP contribution < -0.4 is 0 Å². The number of benzene rings is 1. The lowest BCUT2D eigenvalue weighted by molar-refractivity contribution is -0.142. The van der Waals surface area contributed by atoms with Crippen molar-refractivity contribution in [1.82, 2.24) is 4.31 Å². The van der Waals surface area contributed by atoms with Crippen LogP contribution in [0.1, 0.15) is 18.4 Å². The van der Waals surface area contributed by atoms with Crippen LogP contribution in [0.2, 0.25) is 0 Å². The standard InChI is InChI=1S/C13H16FNO4S/c1-9-3-2-4-11(14)12(9)20(18,19)15-7-5-10(6-8-15)13(16)17/h2-4,10H,5-8H2,1H3,(H,16,17). The summed E-state index contributed by atoms with van der Waals surface area (Å²) in [5.74, 6) is -2.21. The maximum absolute atomic E-state index is 13.8. The Morgan fingerprint density at radius 2 is 1.95 bits per heavy atom. The third-order valence-electron chi connectivity index (χ3n) is 3.56. The topological polar surface area (TPSA) is 74.7 Å². The summed E-state index contributed by atoms with van der Waals surface area (Å²) in [5.41, 5.74) is 0.352. The molecule has 1 heterocycles. The second kappa shape index (κ2) is 5.49. The number of aliphatic carboxylic acids is 1. The molecule has 0 atom stereocenters. The van der Waals surface area contributed by atoms with Crippen molar-refractivity contribution in [3.8, 4) is 0 Å².